The molecule has 10 heteroatoms. The third kappa shape index (κ3) is 4.24. The lowest BCUT2D eigenvalue weighted by atomic mass is 9.41. The predicted octanol–water partition coefficient (Wildman–Crippen LogP) is 2.26. The van der Waals surface area contributed by atoms with Gasteiger partial charge in [0.15, 0.2) is 6.29 Å². The van der Waals surface area contributed by atoms with Crippen LogP contribution in [-0.2, 0) is 14.2 Å². The molecule has 0 aromatic heterocycles. The molecule has 10 nitrogen and oxygen atoms in total. The van der Waals surface area contributed by atoms with Crippen LogP contribution in [0, 0.1) is 44.8 Å². The molecule has 0 bridgehead atoms. The number of aliphatic hydroxyl groups excluding tert-OH is 6. The Hall–Kier alpha value is -0.400. The molecule has 264 valence electrons. The van der Waals surface area contributed by atoms with Crippen LogP contribution in [0.15, 0.2) is 0 Å². The van der Waals surface area contributed by atoms with Gasteiger partial charge in [-0.05, 0) is 117 Å². The van der Waals surface area contributed by atoms with Crippen LogP contribution >= 0.6 is 0 Å². The number of hydrogen-bond donors (Lipinski definition) is 7. The van der Waals surface area contributed by atoms with Gasteiger partial charge in [-0.25, -0.2) is 0 Å². The average molecular weight is 653 g/mol. The molecule has 2 heterocycles. The quantitative estimate of drug-likeness (QED) is 0.219. The van der Waals surface area contributed by atoms with Crippen LogP contribution in [0.4, 0.5) is 0 Å². The van der Waals surface area contributed by atoms with Crippen LogP contribution < -0.4 is 0 Å². The second kappa shape index (κ2) is 10.3. The first-order valence-corrected chi connectivity index (χ1v) is 17.9. The Morgan fingerprint density at radius 1 is 0.804 bits per heavy atom. The summed E-state index contributed by atoms with van der Waals surface area (Å²) in [4.78, 5) is 0. The number of hydrogen-bond acceptors (Lipinski definition) is 10. The van der Waals surface area contributed by atoms with Gasteiger partial charge in [-0.15, -0.1) is 0 Å². The van der Waals surface area contributed by atoms with Crippen molar-refractivity contribution >= 4 is 0 Å². The molecule has 2 spiro atoms. The summed E-state index contributed by atoms with van der Waals surface area (Å²) < 4.78 is 19.4. The molecule has 7 fully saturated rings. The highest BCUT2D eigenvalue weighted by molar-refractivity contribution is 5.33. The zero-order chi connectivity index (χ0) is 33.6. The largest absolute Gasteiger partial charge is 0.394 e. The van der Waals surface area contributed by atoms with Crippen molar-refractivity contribution in [3.63, 3.8) is 0 Å². The van der Waals surface area contributed by atoms with Gasteiger partial charge in [-0.1, -0.05) is 27.7 Å². The molecule has 7 rings (SSSR count). The normalized spacial score (nSPS) is 59.3. The van der Waals surface area contributed by atoms with Crippen LogP contribution in [0.1, 0.15) is 106 Å². The van der Waals surface area contributed by atoms with Gasteiger partial charge in [0.05, 0.1) is 42.2 Å². The Labute approximate surface area is 273 Å². The fraction of sp³-hybridized carbons (Fsp3) is 1.00. The lowest BCUT2D eigenvalue weighted by Crippen LogP contribution is -2.64. The first-order valence-electron chi connectivity index (χ1n) is 17.9. The van der Waals surface area contributed by atoms with Crippen molar-refractivity contribution < 1.29 is 50.0 Å². The molecule has 0 radical (unpaired) electrons. The monoisotopic (exact) mass is 652 g/mol. The molecule has 0 aromatic carbocycles. The van der Waals surface area contributed by atoms with E-state index in [1.807, 2.05) is 0 Å². The zero-order valence-electron chi connectivity index (χ0n) is 28.9. The molecular weight excluding hydrogens is 592 g/mol. The maximum atomic E-state index is 12.0. The summed E-state index contributed by atoms with van der Waals surface area (Å²) in [5.41, 5.74) is -2.50. The molecule has 5 unspecified atom stereocenters. The summed E-state index contributed by atoms with van der Waals surface area (Å²) >= 11 is 0. The Bertz CT molecular complexity index is 1200. The van der Waals surface area contributed by atoms with E-state index in [0.29, 0.717) is 19.3 Å². The van der Waals surface area contributed by atoms with Crippen LogP contribution in [0.25, 0.3) is 0 Å². The van der Waals surface area contributed by atoms with Crippen LogP contribution in [0.2, 0.25) is 0 Å². The van der Waals surface area contributed by atoms with Gasteiger partial charge >= 0.3 is 0 Å². The fourth-order valence-electron chi connectivity index (χ4n) is 13.6. The van der Waals surface area contributed by atoms with Crippen LogP contribution in [0.3, 0.4) is 0 Å². The summed E-state index contributed by atoms with van der Waals surface area (Å²) in [7, 11) is 0. The molecule has 17 atom stereocenters. The van der Waals surface area contributed by atoms with Crippen molar-refractivity contribution in [3.05, 3.63) is 0 Å². The van der Waals surface area contributed by atoms with E-state index in [2.05, 4.69) is 34.6 Å². The average Bonchev–Trinajstić information content (AvgIpc) is 3.33. The van der Waals surface area contributed by atoms with Gasteiger partial charge in [-0.2, -0.15) is 0 Å². The molecule has 2 saturated heterocycles. The van der Waals surface area contributed by atoms with Gasteiger partial charge in [0.1, 0.15) is 24.4 Å². The van der Waals surface area contributed by atoms with Crippen molar-refractivity contribution in [3.8, 4) is 0 Å². The van der Waals surface area contributed by atoms with Gasteiger partial charge in [0.25, 0.3) is 0 Å². The molecule has 46 heavy (non-hydrogen) atoms. The summed E-state index contributed by atoms with van der Waals surface area (Å²) in [6.07, 6.45) is -1.07. The number of aliphatic hydroxyl groups is 7. The fourth-order valence-corrected chi connectivity index (χ4v) is 13.6. The van der Waals surface area contributed by atoms with E-state index in [1.54, 1.807) is 13.8 Å². The minimum Gasteiger partial charge on any atom is -0.394 e. The minimum atomic E-state index is -1.53. The minimum absolute atomic E-state index is 0.0225. The first-order chi connectivity index (χ1) is 21.2. The van der Waals surface area contributed by atoms with Crippen molar-refractivity contribution in [1.29, 1.82) is 0 Å². The molecule has 0 aromatic rings. The van der Waals surface area contributed by atoms with Crippen molar-refractivity contribution in [1.82, 2.24) is 0 Å². The van der Waals surface area contributed by atoms with Crippen LogP contribution in [0.5, 0.6) is 0 Å². The van der Waals surface area contributed by atoms with E-state index in [0.717, 1.165) is 38.5 Å². The maximum Gasteiger partial charge on any atom is 0.186 e. The molecular formula is C36H60O10. The molecule has 5 aliphatic carbocycles. The Kier molecular flexibility index (Phi) is 7.65. The number of ether oxygens (including phenoxy) is 3. The second-order valence-electron chi connectivity index (χ2n) is 18.7. The predicted molar refractivity (Wildman–Crippen MR) is 167 cm³/mol. The van der Waals surface area contributed by atoms with Crippen molar-refractivity contribution in [2.24, 2.45) is 44.8 Å². The molecule has 5 saturated carbocycles. The number of fused-ring (bicyclic) bond motifs is 2. The molecule has 2 aliphatic heterocycles. The van der Waals surface area contributed by atoms with E-state index < -0.39 is 72.2 Å². The summed E-state index contributed by atoms with van der Waals surface area (Å²) in [5, 5.41) is 76.2. The van der Waals surface area contributed by atoms with E-state index in [-0.39, 0.29) is 45.5 Å². The van der Waals surface area contributed by atoms with Gasteiger partial charge in [0.2, 0.25) is 0 Å². The number of rotatable bonds is 5. The first kappa shape index (κ1) is 34.1. The van der Waals surface area contributed by atoms with Crippen molar-refractivity contribution in [2.45, 2.75) is 173 Å². The highest BCUT2D eigenvalue weighted by Crippen LogP contribution is 2.89. The van der Waals surface area contributed by atoms with Crippen LogP contribution in [-0.4, -0.2) is 109 Å². The summed E-state index contributed by atoms with van der Waals surface area (Å²) in [6.45, 7) is 14.2. The van der Waals surface area contributed by atoms with E-state index in [1.165, 1.54) is 0 Å². The van der Waals surface area contributed by atoms with E-state index in [4.69, 9.17) is 14.2 Å². The van der Waals surface area contributed by atoms with Gasteiger partial charge < -0.3 is 50.0 Å². The van der Waals surface area contributed by atoms with E-state index in [9.17, 15) is 35.7 Å². The summed E-state index contributed by atoms with van der Waals surface area (Å²) in [5.74, 6) is 0.0768. The Balaban J connectivity index is 1.26. The lowest BCUT2D eigenvalue weighted by Gasteiger charge is -2.65. The Morgan fingerprint density at radius 2 is 1.50 bits per heavy atom. The lowest BCUT2D eigenvalue weighted by molar-refractivity contribution is -0.331. The van der Waals surface area contributed by atoms with Gasteiger partial charge in [0, 0.05) is 5.92 Å². The highest BCUT2D eigenvalue weighted by Gasteiger charge is 2.85. The smallest absolute Gasteiger partial charge is 0.186 e. The standard InChI is InChI=1S/C36H60O10/c1-30(2)22(39)8-11-36-17-35(36)13-12-32(5)27(34(7)10-9-23(46-34)31(3,4)43)18(38)15-33(32,6)21(35)14-19(28(30)36)44-29-26(42)25(41)24(40)20(16-37)45-29/h18-29,37-43H,8-17H2,1-7H3/t18-,19-,20?,21?,22-,23-,24+,25?,26?,27-,28?,29+,32+,33-,34+,35-,36+/m0/s1. The molecule has 0 amide bonds. The SMILES string of the molecule is CC(C)(O)[C@@H]1CC[C@](C)([C@H]2[C@@H](O)C[C@@]3(C)C4C[C@H](O[C@@H]5OC(CO)[C@@H](O)C(O)C5O)C5C(C)(C)[C@@H](O)CC[C@@]56C[C@@]46CC[C@]23C)O1. The Morgan fingerprint density at radius 3 is 2.13 bits per heavy atom. The topological polar surface area (TPSA) is 169 Å². The highest BCUT2D eigenvalue weighted by atomic mass is 16.7. The third-order valence-corrected chi connectivity index (χ3v) is 15.9. The van der Waals surface area contributed by atoms with Gasteiger partial charge in [-0.3, -0.25) is 0 Å². The maximum absolute atomic E-state index is 12.0. The molecule has 7 aliphatic rings. The molecule has 7 N–H and O–H groups in total. The summed E-state index contributed by atoms with van der Waals surface area (Å²) in [6, 6.07) is 0. The zero-order valence-corrected chi connectivity index (χ0v) is 28.9. The van der Waals surface area contributed by atoms with Crippen molar-refractivity contribution in [2.75, 3.05) is 6.61 Å². The van der Waals surface area contributed by atoms with E-state index >= 15 is 0 Å². The second-order valence-corrected chi connectivity index (χ2v) is 18.7. The third-order valence-electron chi connectivity index (χ3n) is 15.9.